The van der Waals surface area contributed by atoms with Gasteiger partial charge >= 0.3 is 5.97 Å². The Labute approximate surface area is 295 Å². The summed E-state index contributed by atoms with van der Waals surface area (Å²) in [6, 6.07) is 12.6. The van der Waals surface area contributed by atoms with Crippen LogP contribution in [-0.4, -0.2) is 70.8 Å². The fourth-order valence-corrected chi connectivity index (χ4v) is 7.37. The van der Waals surface area contributed by atoms with Crippen LogP contribution in [0.5, 0.6) is 5.75 Å². The van der Waals surface area contributed by atoms with E-state index in [9.17, 15) is 19.5 Å². The van der Waals surface area contributed by atoms with Crippen molar-refractivity contribution in [2.45, 2.75) is 77.0 Å². The molecular formula is C38H43FN6O6. The van der Waals surface area contributed by atoms with Gasteiger partial charge in [-0.2, -0.15) is 0 Å². The van der Waals surface area contributed by atoms with Crippen LogP contribution in [0.15, 0.2) is 47.3 Å². The first-order chi connectivity index (χ1) is 24.5. The number of methoxy groups -OCH3 is 1. The van der Waals surface area contributed by atoms with Crippen molar-refractivity contribution in [3.05, 3.63) is 86.5 Å². The summed E-state index contributed by atoms with van der Waals surface area (Å²) >= 11 is 0. The highest BCUT2D eigenvalue weighted by molar-refractivity contribution is 5.94. The maximum atomic E-state index is 15.0. The van der Waals surface area contributed by atoms with Crippen LogP contribution in [0.4, 0.5) is 10.1 Å². The van der Waals surface area contributed by atoms with E-state index in [2.05, 4.69) is 20.9 Å². The maximum absolute atomic E-state index is 15.0. The summed E-state index contributed by atoms with van der Waals surface area (Å²) in [6.45, 7) is 6.44. The van der Waals surface area contributed by atoms with Crippen molar-refractivity contribution >= 4 is 28.5 Å². The zero-order valence-electron chi connectivity index (χ0n) is 29.3. The van der Waals surface area contributed by atoms with E-state index in [1.807, 2.05) is 31.2 Å². The molecule has 0 saturated carbocycles. The number of aromatic nitrogens is 2. The lowest BCUT2D eigenvalue weighted by atomic mass is 9.86. The Kier molecular flexibility index (Phi) is 9.40. The third kappa shape index (κ3) is 6.28. The lowest BCUT2D eigenvalue weighted by Gasteiger charge is -2.33. The second-order valence-corrected chi connectivity index (χ2v) is 13.7. The van der Waals surface area contributed by atoms with Gasteiger partial charge in [0, 0.05) is 47.4 Å². The van der Waals surface area contributed by atoms with E-state index < -0.39 is 17.4 Å². The van der Waals surface area contributed by atoms with Crippen molar-refractivity contribution in [3.63, 3.8) is 0 Å². The van der Waals surface area contributed by atoms with Crippen LogP contribution in [0.25, 0.3) is 22.3 Å². The van der Waals surface area contributed by atoms with Crippen molar-refractivity contribution in [1.29, 1.82) is 0 Å². The molecular weight excluding hydrogens is 655 g/mol. The Morgan fingerprint density at radius 3 is 2.59 bits per heavy atom. The second-order valence-electron chi connectivity index (χ2n) is 13.7. The molecule has 2 atom stereocenters. The number of halogens is 1. The van der Waals surface area contributed by atoms with Crippen LogP contribution < -0.4 is 26.2 Å². The van der Waals surface area contributed by atoms with Crippen LogP contribution in [0.1, 0.15) is 60.9 Å². The maximum Gasteiger partial charge on any atom is 0.343 e. The highest BCUT2D eigenvalue weighted by Gasteiger charge is 2.45. The molecule has 0 aliphatic carbocycles. The van der Waals surface area contributed by atoms with Crippen LogP contribution in [0.2, 0.25) is 0 Å². The van der Waals surface area contributed by atoms with E-state index in [1.54, 1.807) is 30.7 Å². The summed E-state index contributed by atoms with van der Waals surface area (Å²) < 4.78 is 27.2. The third-order valence-corrected chi connectivity index (χ3v) is 10.7. The first-order valence-electron chi connectivity index (χ1n) is 17.4. The number of nitrogens with one attached hydrogen (secondary N) is 3. The number of likely N-dealkylation sites (N-methyl/N-ethyl adjacent to an activating group) is 1. The molecule has 1 fully saturated rings. The molecule has 3 aliphatic heterocycles. The summed E-state index contributed by atoms with van der Waals surface area (Å²) in [5, 5.41) is 21.6. The number of carbonyl (C=O) groups excluding carboxylic acids is 2. The summed E-state index contributed by atoms with van der Waals surface area (Å²) in [5.41, 5.74) is 3.36. The first-order valence-corrected chi connectivity index (χ1v) is 17.4. The standard InChI is InChI=1S/C38H43FN6O6/c1-5-38(49)29-15-32-34-27(19-45(32)36(47)28(29)20-51-37(38)48)26(25-14-33(50-4)30(39)16-31(25)43-34)18-44-12-10-23(11-13-44)41-17-22-6-8-24(9-7-22)42-35(46)21(2)40-3/h6-9,14-16,21,23,40-41,49H,5,10-13,17-20H2,1-4H3,(H,42,46)/t21-,38-/m0/s1. The lowest BCUT2D eigenvalue weighted by Crippen LogP contribution is -2.44. The molecule has 2 aromatic carbocycles. The van der Waals surface area contributed by atoms with Gasteiger partial charge in [-0.3, -0.25) is 14.5 Å². The number of hydrogen-bond donors (Lipinski definition) is 4. The molecule has 0 unspecified atom stereocenters. The minimum absolute atomic E-state index is 0.0450. The number of aliphatic hydroxyl groups is 1. The van der Waals surface area contributed by atoms with Gasteiger partial charge < -0.3 is 35.1 Å². The smallest absolute Gasteiger partial charge is 0.343 e. The van der Waals surface area contributed by atoms with Crippen molar-refractivity contribution < 1.29 is 28.6 Å². The van der Waals surface area contributed by atoms with Gasteiger partial charge in [0.25, 0.3) is 5.56 Å². The summed E-state index contributed by atoms with van der Waals surface area (Å²) in [7, 11) is 3.18. The molecule has 4 N–H and O–H groups in total. The normalized spacial score (nSPS) is 19.3. The van der Waals surface area contributed by atoms with Crippen LogP contribution in [-0.2, 0) is 46.2 Å². The minimum Gasteiger partial charge on any atom is -0.494 e. The molecule has 0 bridgehead atoms. The van der Waals surface area contributed by atoms with E-state index in [0.717, 1.165) is 53.7 Å². The van der Waals surface area contributed by atoms with Crippen LogP contribution in [0, 0.1) is 5.82 Å². The van der Waals surface area contributed by atoms with Gasteiger partial charge in [-0.05, 0) is 81.7 Å². The van der Waals surface area contributed by atoms with E-state index in [4.69, 9.17) is 14.5 Å². The Balaban J connectivity index is 1.11. The summed E-state index contributed by atoms with van der Waals surface area (Å²) in [4.78, 5) is 45.9. The number of anilines is 1. The number of likely N-dealkylation sites (tertiary alicyclic amines) is 1. The second kappa shape index (κ2) is 13.8. The Hall–Kier alpha value is -4.69. The number of rotatable bonds is 10. The Morgan fingerprint density at radius 1 is 1.16 bits per heavy atom. The summed E-state index contributed by atoms with van der Waals surface area (Å²) in [6.07, 6.45) is 1.90. The van der Waals surface area contributed by atoms with Gasteiger partial charge in [-0.15, -0.1) is 0 Å². The van der Waals surface area contributed by atoms with Crippen LogP contribution >= 0.6 is 0 Å². The quantitative estimate of drug-likeness (QED) is 0.160. The number of hydrogen-bond acceptors (Lipinski definition) is 10. The number of amides is 1. The molecule has 3 aliphatic rings. The first kappa shape index (κ1) is 34.7. The molecule has 0 radical (unpaired) electrons. The molecule has 2 aromatic heterocycles. The molecule has 51 heavy (non-hydrogen) atoms. The molecule has 1 saturated heterocycles. The monoisotopic (exact) mass is 698 g/mol. The highest BCUT2D eigenvalue weighted by atomic mass is 19.1. The fraction of sp³-hybridized carbons (Fsp3) is 0.421. The van der Waals surface area contributed by atoms with Gasteiger partial charge in [0.05, 0.1) is 42.2 Å². The number of carbonyl (C=O) groups is 2. The van der Waals surface area contributed by atoms with E-state index in [0.29, 0.717) is 36.0 Å². The largest absolute Gasteiger partial charge is 0.494 e. The predicted octanol–water partition coefficient (Wildman–Crippen LogP) is 3.53. The average molecular weight is 699 g/mol. The molecule has 268 valence electrons. The van der Waals surface area contributed by atoms with E-state index in [-0.39, 0.29) is 54.0 Å². The lowest BCUT2D eigenvalue weighted by molar-refractivity contribution is -0.172. The number of benzene rings is 2. The van der Waals surface area contributed by atoms with Gasteiger partial charge in [-0.1, -0.05) is 19.1 Å². The molecule has 5 heterocycles. The molecule has 4 aromatic rings. The zero-order chi connectivity index (χ0) is 36.0. The molecule has 12 nitrogen and oxygen atoms in total. The number of nitrogens with zero attached hydrogens (tertiary/aromatic N) is 3. The van der Waals surface area contributed by atoms with Gasteiger partial charge in [-0.25, -0.2) is 14.2 Å². The van der Waals surface area contributed by atoms with Gasteiger partial charge in [0.2, 0.25) is 5.91 Å². The van der Waals surface area contributed by atoms with Crippen molar-refractivity contribution in [1.82, 2.24) is 25.1 Å². The predicted molar refractivity (Wildman–Crippen MR) is 190 cm³/mol. The molecule has 13 heteroatoms. The van der Waals surface area contributed by atoms with Crippen molar-refractivity contribution in [3.8, 4) is 17.1 Å². The molecule has 7 rings (SSSR count). The van der Waals surface area contributed by atoms with Crippen molar-refractivity contribution in [2.75, 3.05) is 32.6 Å². The third-order valence-electron chi connectivity index (χ3n) is 10.7. The number of piperidine rings is 1. The highest BCUT2D eigenvalue weighted by Crippen LogP contribution is 2.41. The Bertz CT molecular complexity index is 2080. The number of cyclic esters (lactones) is 1. The van der Waals surface area contributed by atoms with Crippen LogP contribution in [0.3, 0.4) is 0 Å². The molecule has 0 spiro atoms. The van der Waals surface area contributed by atoms with E-state index in [1.165, 1.54) is 13.2 Å². The topological polar surface area (TPSA) is 147 Å². The zero-order valence-corrected chi connectivity index (χ0v) is 29.3. The fourth-order valence-electron chi connectivity index (χ4n) is 7.37. The Morgan fingerprint density at radius 2 is 1.90 bits per heavy atom. The minimum atomic E-state index is -1.94. The number of pyridine rings is 2. The number of ether oxygens (including phenoxy) is 2. The number of fused-ring (bicyclic) bond motifs is 5. The SMILES string of the molecule is CC[C@@]1(O)C(=O)OCc2c1cc1n(c2=O)Cc2c-1nc1cc(F)c(OC)cc1c2CN1CCC(NCc2ccc(NC(=O)[C@H](C)NC)cc2)CC1. The molecule has 1 amide bonds. The van der Waals surface area contributed by atoms with E-state index >= 15 is 4.39 Å². The van der Waals surface area contributed by atoms with Crippen molar-refractivity contribution in [2.24, 2.45) is 0 Å². The summed E-state index contributed by atoms with van der Waals surface area (Å²) in [5.74, 6) is -1.29. The number of esters is 1. The van der Waals surface area contributed by atoms with Gasteiger partial charge in [0.15, 0.2) is 17.2 Å². The van der Waals surface area contributed by atoms with Gasteiger partial charge in [0.1, 0.15) is 6.61 Å². The average Bonchev–Trinajstić information content (AvgIpc) is 3.51.